The van der Waals surface area contributed by atoms with E-state index in [1.165, 1.54) is 0 Å². The van der Waals surface area contributed by atoms with Crippen LogP contribution in [-0.2, 0) is 11.2 Å². The van der Waals surface area contributed by atoms with Gasteiger partial charge in [0.2, 0.25) is 5.88 Å². The molecule has 0 fully saturated rings. The van der Waals surface area contributed by atoms with Crippen molar-refractivity contribution in [3.05, 3.63) is 12.0 Å². The van der Waals surface area contributed by atoms with Crippen LogP contribution in [0.15, 0.2) is 6.20 Å². The van der Waals surface area contributed by atoms with Gasteiger partial charge >= 0.3 is 5.97 Å². The van der Waals surface area contributed by atoms with Gasteiger partial charge in [-0.05, 0) is 0 Å². The average Bonchev–Trinajstić information content (AvgIpc) is 2.13. The normalized spacial score (nSPS) is 9.60. The smallest absolute Gasteiger partial charge is 0.311 e. The zero-order valence-electron chi connectivity index (χ0n) is 5.03. The molecule has 5 heteroatoms. The lowest BCUT2D eigenvalue weighted by Gasteiger charge is -1.86. The summed E-state index contributed by atoms with van der Waals surface area (Å²) in [5.41, 5.74) is 0. The molecule has 0 saturated carbocycles. The number of H-pyrrole nitrogens is 1. The van der Waals surface area contributed by atoms with Crippen LogP contribution in [0.2, 0.25) is 0 Å². The summed E-state index contributed by atoms with van der Waals surface area (Å²) in [5.74, 6) is -0.837. The minimum absolute atomic E-state index is 0.115. The molecule has 0 unspecified atom stereocenters. The van der Waals surface area contributed by atoms with Crippen LogP contribution in [0.4, 0.5) is 0 Å². The van der Waals surface area contributed by atoms with E-state index in [-0.39, 0.29) is 18.1 Å². The Labute approximate surface area is 56.3 Å². The third-order valence-corrected chi connectivity index (χ3v) is 0.934. The van der Waals surface area contributed by atoms with E-state index < -0.39 is 5.97 Å². The van der Waals surface area contributed by atoms with Crippen LogP contribution >= 0.6 is 0 Å². The topological polar surface area (TPSA) is 86.2 Å². The van der Waals surface area contributed by atoms with E-state index in [2.05, 4.69) is 9.97 Å². The molecule has 0 radical (unpaired) electrons. The van der Waals surface area contributed by atoms with Crippen LogP contribution in [0.1, 0.15) is 5.82 Å². The van der Waals surface area contributed by atoms with Crippen LogP contribution in [0.3, 0.4) is 0 Å². The second-order valence-electron chi connectivity index (χ2n) is 1.79. The summed E-state index contributed by atoms with van der Waals surface area (Å²) in [7, 11) is 0. The Morgan fingerprint density at radius 3 is 2.90 bits per heavy atom. The molecule has 0 aliphatic heterocycles. The van der Waals surface area contributed by atoms with Gasteiger partial charge in [-0.3, -0.25) is 4.79 Å². The number of hydrogen-bond acceptors (Lipinski definition) is 3. The van der Waals surface area contributed by atoms with Gasteiger partial charge in [0, 0.05) is 0 Å². The molecular weight excluding hydrogens is 136 g/mol. The predicted molar refractivity (Wildman–Crippen MR) is 31.6 cm³/mol. The van der Waals surface area contributed by atoms with E-state index in [4.69, 9.17) is 10.2 Å². The SMILES string of the molecule is O=C(O)Cc1ncc(O)[nH]1. The molecule has 1 aromatic rings. The minimum Gasteiger partial charge on any atom is -0.493 e. The summed E-state index contributed by atoms with van der Waals surface area (Å²) in [6, 6.07) is 0. The van der Waals surface area contributed by atoms with Crippen molar-refractivity contribution in [1.82, 2.24) is 9.97 Å². The van der Waals surface area contributed by atoms with Gasteiger partial charge in [0.05, 0.1) is 6.20 Å². The third-order valence-electron chi connectivity index (χ3n) is 0.934. The molecular formula is C5H6N2O3. The quantitative estimate of drug-likeness (QED) is 0.531. The predicted octanol–water partition coefficient (Wildman–Crippen LogP) is -0.258. The highest BCUT2D eigenvalue weighted by molar-refractivity contribution is 5.69. The van der Waals surface area contributed by atoms with Gasteiger partial charge in [0.1, 0.15) is 12.2 Å². The van der Waals surface area contributed by atoms with Crippen molar-refractivity contribution in [2.75, 3.05) is 0 Å². The van der Waals surface area contributed by atoms with Crippen LogP contribution in [-0.4, -0.2) is 26.2 Å². The minimum atomic E-state index is -0.977. The number of carboxylic acid groups (broad SMARTS) is 1. The number of aromatic hydroxyl groups is 1. The van der Waals surface area contributed by atoms with Crippen molar-refractivity contribution in [2.45, 2.75) is 6.42 Å². The molecule has 1 heterocycles. The van der Waals surface area contributed by atoms with Gasteiger partial charge in [0.15, 0.2) is 0 Å². The van der Waals surface area contributed by atoms with E-state index in [0.717, 1.165) is 6.20 Å². The van der Waals surface area contributed by atoms with E-state index >= 15 is 0 Å². The number of aliphatic carboxylic acids is 1. The van der Waals surface area contributed by atoms with Gasteiger partial charge in [-0.15, -0.1) is 0 Å². The van der Waals surface area contributed by atoms with E-state index in [1.54, 1.807) is 0 Å². The first-order valence-corrected chi connectivity index (χ1v) is 2.63. The first-order chi connectivity index (χ1) is 4.68. The summed E-state index contributed by atoms with van der Waals surface area (Å²) < 4.78 is 0. The number of imidazole rings is 1. The third kappa shape index (κ3) is 1.48. The van der Waals surface area contributed by atoms with E-state index in [1.807, 2.05) is 0 Å². The standard InChI is InChI=1S/C5H6N2O3/c8-4-2-6-3(7-4)1-5(9)10/h2,8H,1H2,(H,6,7)(H,9,10). The Hall–Kier alpha value is -1.52. The number of hydrogen-bond donors (Lipinski definition) is 3. The fourth-order valence-electron chi connectivity index (χ4n) is 0.585. The number of carbonyl (C=O) groups is 1. The summed E-state index contributed by atoms with van der Waals surface area (Å²) in [5, 5.41) is 16.9. The number of nitrogens with zero attached hydrogens (tertiary/aromatic N) is 1. The van der Waals surface area contributed by atoms with Gasteiger partial charge < -0.3 is 15.2 Å². The molecule has 0 spiro atoms. The molecule has 0 amide bonds. The lowest BCUT2D eigenvalue weighted by molar-refractivity contribution is -0.136. The summed E-state index contributed by atoms with van der Waals surface area (Å²) in [6.07, 6.45) is 0.971. The fourth-order valence-corrected chi connectivity index (χ4v) is 0.585. The maximum absolute atomic E-state index is 10.0. The van der Waals surface area contributed by atoms with E-state index in [9.17, 15) is 4.79 Å². The Kier molecular flexibility index (Phi) is 1.57. The number of aromatic nitrogens is 2. The molecule has 0 aliphatic carbocycles. The number of aromatic amines is 1. The van der Waals surface area contributed by atoms with Crippen molar-refractivity contribution < 1.29 is 15.0 Å². The Balaban J connectivity index is 2.67. The molecule has 1 rings (SSSR count). The Bertz CT molecular complexity index is 243. The molecule has 0 bridgehead atoms. The van der Waals surface area contributed by atoms with Crippen LogP contribution in [0, 0.1) is 0 Å². The molecule has 10 heavy (non-hydrogen) atoms. The molecule has 5 nitrogen and oxygen atoms in total. The number of rotatable bonds is 2. The average molecular weight is 142 g/mol. The summed E-state index contributed by atoms with van der Waals surface area (Å²) in [6.45, 7) is 0. The maximum atomic E-state index is 10.0. The molecule has 0 saturated heterocycles. The Morgan fingerprint density at radius 2 is 2.50 bits per heavy atom. The van der Waals surface area contributed by atoms with Crippen molar-refractivity contribution in [2.24, 2.45) is 0 Å². The van der Waals surface area contributed by atoms with Gasteiger partial charge in [0.25, 0.3) is 0 Å². The van der Waals surface area contributed by atoms with Gasteiger partial charge in [-0.25, -0.2) is 4.98 Å². The second-order valence-corrected chi connectivity index (χ2v) is 1.79. The number of nitrogens with one attached hydrogen (secondary N) is 1. The molecule has 54 valence electrons. The summed E-state index contributed by atoms with van der Waals surface area (Å²) in [4.78, 5) is 16.0. The summed E-state index contributed by atoms with van der Waals surface area (Å²) >= 11 is 0. The monoisotopic (exact) mass is 142 g/mol. The van der Waals surface area contributed by atoms with Crippen LogP contribution in [0.5, 0.6) is 5.88 Å². The fraction of sp³-hybridized carbons (Fsp3) is 0.200. The molecule has 0 aromatic carbocycles. The lowest BCUT2D eigenvalue weighted by Crippen LogP contribution is -2.01. The van der Waals surface area contributed by atoms with Crippen molar-refractivity contribution in [1.29, 1.82) is 0 Å². The molecule has 0 atom stereocenters. The lowest BCUT2D eigenvalue weighted by atomic mass is 10.4. The van der Waals surface area contributed by atoms with Crippen LogP contribution in [0.25, 0.3) is 0 Å². The second kappa shape index (κ2) is 2.38. The van der Waals surface area contributed by atoms with Crippen molar-refractivity contribution in [3.8, 4) is 5.88 Å². The maximum Gasteiger partial charge on any atom is 0.311 e. The highest BCUT2D eigenvalue weighted by Crippen LogP contribution is 2.02. The number of carboxylic acids is 1. The largest absolute Gasteiger partial charge is 0.493 e. The van der Waals surface area contributed by atoms with Gasteiger partial charge in [-0.2, -0.15) is 0 Å². The van der Waals surface area contributed by atoms with Crippen molar-refractivity contribution in [3.63, 3.8) is 0 Å². The van der Waals surface area contributed by atoms with Crippen LogP contribution < -0.4 is 0 Å². The first kappa shape index (κ1) is 6.60. The van der Waals surface area contributed by atoms with E-state index in [0.29, 0.717) is 0 Å². The zero-order chi connectivity index (χ0) is 7.56. The highest BCUT2D eigenvalue weighted by atomic mass is 16.4. The van der Waals surface area contributed by atoms with Crippen molar-refractivity contribution >= 4 is 5.97 Å². The molecule has 0 aliphatic rings. The Morgan fingerprint density at radius 1 is 1.80 bits per heavy atom. The highest BCUT2D eigenvalue weighted by Gasteiger charge is 2.02. The zero-order valence-corrected chi connectivity index (χ0v) is 5.03. The van der Waals surface area contributed by atoms with Gasteiger partial charge in [-0.1, -0.05) is 0 Å². The molecule has 1 aromatic heterocycles. The first-order valence-electron chi connectivity index (χ1n) is 2.63. The molecule has 3 N–H and O–H groups in total.